The molecule has 172 valence electrons. The van der Waals surface area contributed by atoms with Crippen molar-refractivity contribution >= 4 is 34.6 Å². The summed E-state index contributed by atoms with van der Waals surface area (Å²) in [6.07, 6.45) is 6.69. The highest BCUT2D eigenvalue weighted by Crippen LogP contribution is 2.40. The number of nitrogens with one attached hydrogen (secondary N) is 2. The van der Waals surface area contributed by atoms with Crippen LogP contribution in [-0.4, -0.2) is 47.0 Å². The third kappa shape index (κ3) is 5.11. The van der Waals surface area contributed by atoms with Crippen LogP contribution < -0.4 is 10.6 Å². The molecule has 0 spiro atoms. The molecule has 1 unspecified atom stereocenters. The van der Waals surface area contributed by atoms with Crippen LogP contribution in [0, 0.1) is 0 Å². The third-order valence-electron chi connectivity index (χ3n) is 6.15. The van der Waals surface area contributed by atoms with Gasteiger partial charge in [0.2, 0.25) is 0 Å². The van der Waals surface area contributed by atoms with Gasteiger partial charge in [-0.2, -0.15) is 0 Å². The van der Waals surface area contributed by atoms with E-state index < -0.39 is 0 Å². The molecular formula is C24H32N4O3S. The number of carbonyl (C=O) groups is 2. The van der Waals surface area contributed by atoms with Crippen LogP contribution in [0.15, 0.2) is 40.5 Å². The molecule has 1 aliphatic carbocycles. The summed E-state index contributed by atoms with van der Waals surface area (Å²) >= 11 is 1.72. The van der Waals surface area contributed by atoms with E-state index >= 15 is 0 Å². The van der Waals surface area contributed by atoms with Crippen LogP contribution in [0.3, 0.4) is 0 Å². The average molecular weight is 457 g/mol. The molecule has 2 amide bonds. The lowest BCUT2D eigenvalue weighted by Crippen LogP contribution is -2.42. The number of hydrogen-bond acceptors (Lipinski definition) is 6. The summed E-state index contributed by atoms with van der Waals surface area (Å²) in [5, 5.41) is 7.03. The van der Waals surface area contributed by atoms with Crippen LogP contribution in [0.5, 0.6) is 0 Å². The first-order valence-electron chi connectivity index (χ1n) is 11.6. The molecule has 1 aromatic carbocycles. The largest absolute Gasteiger partial charge is 0.463 e. The Hall–Kier alpha value is -2.48. The summed E-state index contributed by atoms with van der Waals surface area (Å²) < 4.78 is 5.38. The highest BCUT2D eigenvalue weighted by molar-refractivity contribution is 8.13. The predicted octanol–water partition coefficient (Wildman–Crippen LogP) is 4.83. The van der Waals surface area contributed by atoms with Crippen molar-refractivity contribution in [2.24, 2.45) is 4.99 Å². The number of ether oxygens (including phenoxy) is 1. The zero-order chi connectivity index (χ0) is 22.5. The van der Waals surface area contributed by atoms with Crippen LogP contribution >= 0.6 is 11.8 Å². The molecule has 32 heavy (non-hydrogen) atoms. The Balaban J connectivity index is 1.58. The molecule has 2 heterocycles. The summed E-state index contributed by atoms with van der Waals surface area (Å²) in [5.74, 6) is 0.689. The summed E-state index contributed by atoms with van der Waals surface area (Å²) in [4.78, 5) is 32.4. The van der Waals surface area contributed by atoms with Gasteiger partial charge in [-0.05, 0) is 50.8 Å². The van der Waals surface area contributed by atoms with E-state index in [0.717, 1.165) is 42.3 Å². The van der Waals surface area contributed by atoms with Crippen LogP contribution in [0.2, 0.25) is 0 Å². The monoisotopic (exact) mass is 456 g/mol. The van der Waals surface area contributed by atoms with Gasteiger partial charge in [-0.25, -0.2) is 14.6 Å². The molecule has 1 saturated heterocycles. The van der Waals surface area contributed by atoms with Crippen molar-refractivity contribution in [2.75, 3.05) is 24.2 Å². The zero-order valence-corrected chi connectivity index (χ0v) is 19.7. The van der Waals surface area contributed by atoms with E-state index in [-0.39, 0.29) is 24.1 Å². The van der Waals surface area contributed by atoms with Crippen LogP contribution in [0.25, 0.3) is 0 Å². The van der Waals surface area contributed by atoms with Gasteiger partial charge in [-0.3, -0.25) is 0 Å². The second-order valence-electron chi connectivity index (χ2n) is 8.47. The second kappa shape index (κ2) is 10.4. The number of esters is 1. The molecule has 1 saturated carbocycles. The number of nitrogens with zero attached hydrogens (tertiary/aromatic N) is 2. The van der Waals surface area contributed by atoms with Gasteiger partial charge in [-0.1, -0.05) is 43.2 Å². The molecule has 2 fully saturated rings. The van der Waals surface area contributed by atoms with Crippen molar-refractivity contribution in [2.45, 2.75) is 64.5 Å². The fraction of sp³-hybridized carbons (Fsp3) is 0.542. The van der Waals surface area contributed by atoms with Gasteiger partial charge >= 0.3 is 12.0 Å². The van der Waals surface area contributed by atoms with Gasteiger partial charge in [0.1, 0.15) is 0 Å². The van der Waals surface area contributed by atoms with Crippen LogP contribution in [-0.2, 0) is 9.53 Å². The molecule has 4 rings (SSSR count). The molecule has 3 aliphatic rings. The van der Waals surface area contributed by atoms with Crippen molar-refractivity contribution < 1.29 is 14.3 Å². The molecule has 8 heteroatoms. The van der Waals surface area contributed by atoms with Crippen molar-refractivity contribution in [3.05, 3.63) is 41.1 Å². The fourth-order valence-corrected chi connectivity index (χ4v) is 5.69. The molecular weight excluding hydrogens is 424 g/mol. The van der Waals surface area contributed by atoms with Crippen LogP contribution in [0.1, 0.15) is 64.0 Å². The van der Waals surface area contributed by atoms with Crippen molar-refractivity contribution in [1.29, 1.82) is 0 Å². The molecule has 1 aromatic rings. The first-order valence-corrected chi connectivity index (χ1v) is 12.6. The van der Waals surface area contributed by atoms with Gasteiger partial charge in [0.05, 0.1) is 23.9 Å². The molecule has 7 nitrogen and oxygen atoms in total. The number of urea groups is 1. The van der Waals surface area contributed by atoms with Crippen LogP contribution in [0.4, 0.5) is 10.5 Å². The van der Waals surface area contributed by atoms with E-state index in [1.54, 1.807) is 11.8 Å². The molecule has 0 radical (unpaired) electrons. The maximum absolute atomic E-state index is 12.9. The van der Waals surface area contributed by atoms with E-state index in [9.17, 15) is 9.59 Å². The van der Waals surface area contributed by atoms with Gasteiger partial charge in [0, 0.05) is 24.0 Å². The molecule has 0 bridgehead atoms. The van der Waals surface area contributed by atoms with Gasteiger partial charge in [-0.15, -0.1) is 0 Å². The first-order chi connectivity index (χ1) is 15.6. The topological polar surface area (TPSA) is 83.0 Å². The van der Waals surface area contributed by atoms with Gasteiger partial charge in [0.15, 0.2) is 5.17 Å². The lowest BCUT2D eigenvalue weighted by atomic mass is 9.94. The van der Waals surface area contributed by atoms with E-state index in [1.807, 2.05) is 38.1 Å². The Morgan fingerprint density at radius 3 is 2.81 bits per heavy atom. The number of allylic oxidation sites excluding steroid dienone is 1. The first kappa shape index (κ1) is 22.7. The summed E-state index contributed by atoms with van der Waals surface area (Å²) in [5.41, 5.74) is 2.92. The minimum absolute atomic E-state index is 0.175. The Morgan fingerprint density at radius 1 is 1.22 bits per heavy atom. The second-order valence-corrected chi connectivity index (χ2v) is 9.53. The quantitative estimate of drug-likeness (QED) is 0.620. The molecule has 0 aromatic heterocycles. The van der Waals surface area contributed by atoms with E-state index in [2.05, 4.69) is 15.5 Å². The average Bonchev–Trinajstić information content (AvgIpc) is 2.79. The number of hydrogen-bond donors (Lipinski definition) is 2. The lowest BCUT2D eigenvalue weighted by molar-refractivity contribution is -0.139. The Kier molecular flexibility index (Phi) is 7.40. The molecule has 2 N–H and O–H groups in total. The SMILES string of the molecule is CCOC(=O)C1=C(C)N=C2SCCCN2C1c1cccc(NC(=O)NC2CCCCC2)c1. The molecule has 2 aliphatic heterocycles. The number of rotatable bonds is 5. The standard InChI is InChI=1S/C24H32N4O3S/c1-3-31-22(29)20-16(2)25-24-28(13-8-14-32-24)21(20)17-9-7-12-19(15-17)27-23(30)26-18-10-5-4-6-11-18/h7,9,12,15,18,21H,3-6,8,10-11,13-14H2,1-2H3,(H2,26,27,30). The van der Waals surface area contributed by atoms with Gasteiger partial charge < -0.3 is 20.3 Å². The van der Waals surface area contributed by atoms with Crippen molar-refractivity contribution in [3.8, 4) is 0 Å². The minimum atomic E-state index is -0.332. The molecule has 1 atom stereocenters. The Labute approximate surface area is 194 Å². The Morgan fingerprint density at radius 2 is 2.03 bits per heavy atom. The van der Waals surface area contributed by atoms with Gasteiger partial charge in [0.25, 0.3) is 0 Å². The predicted molar refractivity (Wildman–Crippen MR) is 129 cm³/mol. The lowest BCUT2D eigenvalue weighted by Gasteiger charge is -2.40. The highest BCUT2D eigenvalue weighted by Gasteiger charge is 2.38. The normalized spacial score (nSPS) is 21.5. The number of amidine groups is 1. The number of anilines is 1. The number of carbonyl (C=O) groups excluding carboxylic acids is 2. The van der Waals surface area contributed by atoms with Crippen molar-refractivity contribution in [3.63, 3.8) is 0 Å². The third-order valence-corrected chi connectivity index (χ3v) is 7.23. The minimum Gasteiger partial charge on any atom is -0.463 e. The van der Waals surface area contributed by atoms with E-state index in [4.69, 9.17) is 9.73 Å². The summed E-state index contributed by atoms with van der Waals surface area (Å²) in [6, 6.07) is 7.56. The summed E-state index contributed by atoms with van der Waals surface area (Å²) in [7, 11) is 0. The smallest absolute Gasteiger partial charge is 0.338 e. The number of amides is 2. The highest BCUT2D eigenvalue weighted by atomic mass is 32.2. The Bertz CT molecular complexity index is 924. The summed E-state index contributed by atoms with van der Waals surface area (Å²) in [6.45, 7) is 4.83. The van der Waals surface area contributed by atoms with E-state index in [0.29, 0.717) is 23.6 Å². The fourth-order valence-electron chi connectivity index (χ4n) is 4.67. The number of benzene rings is 1. The zero-order valence-electron chi connectivity index (χ0n) is 18.9. The number of thioether (sulfide) groups is 1. The van der Waals surface area contributed by atoms with E-state index in [1.165, 1.54) is 19.3 Å². The number of fused-ring (bicyclic) bond motifs is 1. The number of aliphatic imine (C=N–C) groups is 1. The van der Waals surface area contributed by atoms with Crippen molar-refractivity contribution in [1.82, 2.24) is 10.2 Å². The maximum Gasteiger partial charge on any atom is 0.338 e. The maximum atomic E-state index is 12.9.